The monoisotopic (exact) mass is 346 g/mol. The van der Waals surface area contributed by atoms with Crippen LogP contribution in [0.5, 0.6) is 17.2 Å². The van der Waals surface area contributed by atoms with E-state index in [2.05, 4.69) is 0 Å². The van der Waals surface area contributed by atoms with Crippen LogP contribution in [-0.2, 0) is 10.2 Å². The third-order valence-electron chi connectivity index (χ3n) is 6.26. The van der Waals surface area contributed by atoms with Crippen molar-refractivity contribution in [2.45, 2.75) is 65.2 Å². The number of carbonyl (C=O) groups excluding carboxylic acids is 2. The van der Waals surface area contributed by atoms with Gasteiger partial charge in [0.2, 0.25) is 11.6 Å². The van der Waals surface area contributed by atoms with Crippen LogP contribution in [0.2, 0.25) is 0 Å². The zero-order valence-electron chi connectivity index (χ0n) is 15.4. The highest BCUT2D eigenvalue weighted by atomic mass is 16.3. The van der Waals surface area contributed by atoms with Gasteiger partial charge in [0.15, 0.2) is 11.5 Å². The Bertz CT molecular complexity index is 790. The van der Waals surface area contributed by atoms with Crippen LogP contribution in [0.15, 0.2) is 0 Å². The average Bonchev–Trinajstić information content (AvgIpc) is 2.47. The molecule has 1 aromatic carbocycles. The van der Waals surface area contributed by atoms with Gasteiger partial charge in [0.1, 0.15) is 5.75 Å². The third kappa shape index (κ3) is 2.14. The van der Waals surface area contributed by atoms with Crippen LogP contribution in [0.3, 0.4) is 0 Å². The summed E-state index contributed by atoms with van der Waals surface area (Å²) in [6.45, 7) is 9.26. The Morgan fingerprint density at radius 2 is 1.56 bits per heavy atom. The number of fused-ring (bicyclic) bond motifs is 3. The van der Waals surface area contributed by atoms with E-state index < -0.39 is 34.1 Å². The molecular formula is C20H26O5. The highest BCUT2D eigenvalue weighted by Gasteiger charge is 2.59. The molecule has 0 aliphatic heterocycles. The molecule has 0 radical (unpaired) electrons. The second-order valence-electron chi connectivity index (χ2n) is 8.75. The first-order chi connectivity index (χ1) is 11.4. The number of phenolic OH excluding ortho intramolecular Hbond substituents is 3. The molecule has 1 fully saturated rings. The molecule has 3 N–H and O–H groups in total. The summed E-state index contributed by atoms with van der Waals surface area (Å²) in [5.74, 6) is -3.30. The molecular weight excluding hydrogens is 320 g/mol. The largest absolute Gasteiger partial charge is 0.507 e. The maximum absolute atomic E-state index is 13.0. The minimum absolute atomic E-state index is 0.106. The zero-order valence-corrected chi connectivity index (χ0v) is 15.4. The van der Waals surface area contributed by atoms with Crippen molar-refractivity contribution in [2.24, 2.45) is 11.3 Å². The van der Waals surface area contributed by atoms with Gasteiger partial charge in [0.05, 0.1) is 5.56 Å². The van der Waals surface area contributed by atoms with Gasteiger partial charge in [-0.2, -0.15) is 0 Å². The summed E-state index contributed by atoms with van der Waals surface area (Å²) in [4.78, 5) is 25.8. The standard InChI is InChI=1S/C20H26O5/c1-9(2)10-13(21)11-12(16(24)14(10)22)20(5)8-6-7-19(3,4)18(20)17(25)15(11)23/h9,18,21-22,24H,6-8H2,1-5H3/t18-,20-/m0/s1. The molecule has 1 aromatic rings. The van der Waals surface area contributed by atoms with Crippen molar-refractivity contribution in [3.63, 3.8) is 0 Å². The van der Waals surface area contributed by atoms with Crippen molar-refractivity contribution in [3.05, 3.63) is 16.7 Å². The summed E-state index contributed by atoms with van der Waals surface area (Å²) in [7, 11) is 0. The van der Waals surface area contributed by atoms with Gasteiger partial charge in [-0.05, 0) is 24.2 Å². The Kier molecular flexibility index (Phi) is 3.72. The van der Waals surface area contributed by atoms with E-state index in [1.807, 2.05) is 20.8 Å². The second kappa shape index (κ2) is 5.23. The summed E-state index contributed by atoms with van der Waals surface area (Å²) >= 11 is 0. The molecule has 1 saturated carbocycles. The number of aromatic hydroxyl groups is 3. The molecule has 136 valence electrons. The molecule has 0 saturated heterocycles. The number of phenols is 3. The number of hydrogen-bond acceptors (Lipinski definition) is 5. The van der Waals surface area contributed by atoms with E-state index in [1.54, 1.807) is 13.8 Å². The van der Waals surface area contributed by atoms with Gasteiger partial charge in [0.25, 0.3) is 0 Å². The third-order valence-corrected chi connectivity index (χ3v) is 6.26. The maximum atomic E-state index is 13.0. The highest BCUT2D eigenvalue weighted by molar-refractivity contribution is 6.47. The van der Waals surface area contributed by atoms with Crippen molar-refractivity contribution in [1.29, 1.82) is 0 Å². The first-order valence-electron chi connectivity index (χ1n) is 8.85. The SMILES string of the molecule is CC(C)c1c(O)c(O)c2c(c1O)C(=O)C(=O)[C@H]1C(C)(C)CCC[C@@]21C. The number of hydrogen-bond donors (Lipinski definition) is 3. The molecule has 0 unspecified atom stereocenters. The molecule has 2 aliphatic carbocycles. The number of ketones is 2. The summed E-state index contributed by atoms with van der Waals surface area (Å²) in [6, 6.07) is 0. The van der Waals surface area contributed by atoms with Gasteiger partial charge in [0, 0.05) is 22.5 Å². The van der Waals surface area contributed by atoms with Crippen molar-refractivity contribution >= 4 is 11.6 Å². The van der Waals surface area contributed by atoms with E-state index in [-0.39, 0.29) is 34.1 Å². The molecule has 2 aliphatic rings. The van der Waals surface area contributed by atoms with Crippen LogP contribution >= 0.6 is 0 Å². The Hall–Kier alpha value is -2.04. The van der Waals surface area contributed by atoms with Gasteiger partial charge < -0.3 is 15.3 Å². The van der Waals surface area contributed by atoms with Gasteiger partial charge >= 0.3 is 0 Å². The highest BCUT2D eigenvalue weighted by Crippen LogP contribution is 2.61. The predicted octanol–water partition coefficient (Wildman–Crippen LogP) is 3.78. The van der Waals surface area contributed by atoms with Crippen LogP contribution in [0, 0.1) is 11.3 Å². The maximum Gasteiger partial charge on any atom is 0.233 e. The first kappa shape index (κ1) is 17.8. The number of carbonyl (C=O) groups is 2. The quantitative estimate of drug-likeness (QED) is 0.409. The van der Waals surface area contributed by atoms with Gasteiger partial charge in [-0.25, -0.2) is 0 Å². The molecule has 0 heterocycles. The van der Waals surface area contributed by atoms with Crippen LogP contribution in [-0.4, -0.2) is 26.9 Å². The molecule has 0 amide bonds. The lowest BCUT2D eigenvalue weighted by Crippen LogP contribution is -2.54. The van der Waals surface area contributed by atoms with Crippen LogP contribution in [0.4, 0.5) is 0 Å². The molecule has 5 heteroatoms. The number of Topliss-reactive ketones (excluding diaryl/α,β-unsaturated/α-hetero) is 2. The lowest BCUT2D eigenvalue weighted by Gasteiger charge is -2.52. The minimum atomic E-state index is -0.795. The van der Waals surface area contributed by atoms with Crippen molar-refractivity contribution in [1.82, 2.24) is 0 Å². The first-order valence-corrected chi connectivity index (χ1v) is 8.85. The van der Waals surface area contributed by atoms with Crippen LogP contribution in [0.25, 0.3) is 0 Å². The molecule has 5 nitrogen and oxygen atoms in total. The fourth-order valence-corrected chi connectivity index (χ4v) is 5.28. The molecule has 0 bridgehead atoms. The average molecular weight is 346 g/mol. The number of benzene rings is 1. The summed E-state index contributed by atoms with van der Waals surface area (Å²) in [5.41, 5.74) is -0.980. The minimum Gasteiger partial charge on any atom is -0.507 e. The van der Waals surface area contributed by atoms with Crippen LogP contribution < -0.4 is 0 Å². The Morgan fingerprint density at radius 1 is 0.960 bits per heavy atom. The van der Waals surface area contributed by atoms with E-state index in [1.165, 1.54) is 0 Å². The van der Waals surface area contributed by atoms with Gasteiger partial charge in [-0.15, -0.1) is 0 Å². The van der Waals surface area contributed by atoms with Crippen molar-refractivity contribution in [2.75, 3.05) is 0 Å². The molecule has 0 spiro atoms. The lowest BCUT2D eigenvalue weighted by molar-refractivity contribution is -0.128. The Morgan fingerprint density at radius 3 is 2.12 bits per heavy atom. The summed E-state index contributed by atoms with van der Waals surface area (Å²) in [6.07, 6.45) is 2.26. The summed E-state index contributed by atoms with van der Waals surface area (Å²) < 4.78 is 0. The number of rotatable bonds is 1. The molecule has 0 aromatic heterocycles. The summed E-state index contributed by atoms with van der Waals surface area (Å²) in [5, 5.41) is 31.9. The van der Waals surface area contributed by atoms with E-state index in [0.29, 0.717) is 6.42 Å². The molecule has 3 rings (SSSR count). The van der Waals surface area contributed by atoms with Gasteiger partial charge in [-0.3, -0.25) is 9.59 Å². The Balaban J connectivity index is 2.43. The fourth-order valence-electron chi connectivity index (χ4n) is 5.28. The molecule has 2 atom stereocenters. The topological polar surface area (TPSA) is 94.8 Å². The van der Waals surface area contributed by atoms with Crippen molar-refractivity contribution < 1.29 is 24.9 Å². The lowest BCUT2D eigenvalue weighted by atomic mass is 9.49. The van der Waals surface area contributed by atoms with E-state index in [0.717, 1.165) is 12.8 Å². The second-order valence-corrected chi connectivity index (χ2v) is 8.75. The predicted molar refractivity (Wildman–Crippen MR) is 93.3 cm³/mol. The van der Waals surface area contributed by atoms with E-state index in [4.69, 9.17) is 0 Å². The van der Waals surface area contributed by atoms with E-state index in [9.17, 15) is 24.9 Å². The smallest absolute Gasteiger partial charge is 0.233 e. The van der Waals surface area contributed by atoms with E-state index >= 15 is 0 Å². The van der Waals surface area contributed by atoms with Crippen LogP contribution in [0.1, 0.15) is 81.3 Å². The fraction of sp³-hybridized carbons (Fsp3) is 0.600. The van der Waals surface area contributed by atoms with Gasteiger partial charge in [-0.1, -0.05) is 41.0 Å². The molecule has 25 heavy (non-hydrogen) atoms. The normalized spacial score (nSPS) is 28.0. The zero-order chi connectivity index (χ0) is 18.9. The van der Waals surface area contributed by atoms with Crippen molar-refractivity contribution in [3.8, 4) is 17.2 Å². The Labute approximate surface area is 147 Å².